The Balaban J connectivity index is 0.000000461. The zero-order chi connectivity index (χ0) is 8.69. The van der Waals surface area contributed by atoms with Crippen molar-refractivity contribution in [1.82, 2.24) is 10.2 Å². The van der Waals surface area contributed by atoms with Gasteiger partial charge in [-0.15, -0.1) is 0 Å². The van der Waals surface area contributed by atoms with Gasteiger partial charge in [0.1, 0.15) is 0 Å². The molecule has 0 radical (unpaired) electrons. The van der Waals surface area contributed by atoms with Gasteiger partial charge in [0.25, 0.3) is 0 Å². The molecular weight excluding hydrogens is 136 g/mol. The van der Waals surface area contributed by atoms with Gasteiger partial charge in [-0.05, 0) is 39.5 Å². The molecule has 0 aliphatic carbocycles. The highest BCUT2D eigenvalue weighted by Crippen LogP contribution is 2.06. The summed E-state index contributed by atoms with van der Waals surface area (Å²) in [6.07, 6.45) is 1.36. The summed E-state index contributed by atoms with van der Waals surface area (Å²) in [5, 5.41) is 3.35. The highest BCUT2D eigenvalue weighted by molar-refractivity contribution is 4.72. The van der Waals surface area contributed by atoms with Crippen LogP contribution in [0.15, 0.2) is 0 Å². The quantitative estimate of drug-likeness (QED) is 0.649. The molecule has 1 unspecified atom stereocenters. The van der Waals surface area contributed by atoms with Crippen LogP contribution in [0.5, 0.6) is 0 Å². The van der Waals surface area contributed by atoms with Crippen molar-refractivity contribution in [3.63, 3.8) is 0 Å². The van der Waals surface area contributed by atoms with Crippen molar-refractivity contribution >= 4 is 0 Å². The number of hydrogen-bond acceptors (Lipinski definition) is 2. The van der Waals surface area contributed by atoms with E-state index in [9.17, 15) is 0 Å². The first-order valence-corrected chi connectivity index (χ1v) is 4.64. The van der Waals surface area contributed by atoms with Gasteiger partial charge in [-0.25, -0.2) is 0 Å². The summed E-state index contributed by atoms with van der Waals surface area (Å²) >= 11 is 0. The summed E-state index contributed by atoms with van der Waals surface area (Å²) in [7, 11) is 4.27. The van der Waals surface area contributed by atoms with Gasteiger partial charge < -0.3 is 10.2 Å². The Morgan fingerprint density at radius 3 is 2.36 bits per heavy atom. The topological polar surface area (TPSA) is 15.3 Å². The fourth-order valence-electron chi connectivity index (χ4n) is 1.39. The normalized spacial score (nSPS) is 23.2. The molecule has 1 aliphatic heterocycles. The molecule has 0 saturated carbocycles. The van der Waals surface area contributed by atoms with Crippen molar-refractivity contribution in [2.75, 3.05) is 33.7 Å². The minimum atomic E-state index is 0.903. The Morgan fingerprint density at radius 2 is 2.00 bits per heavy atom. The van der Waals surface area contributed by atoms with E-state index >= 15 is 0 Å². The fourth-order valence-corrected chi connectivity index (χ4v) is 1.39. The van der Waals surface area contributed by atoms with Gasteiger partial charge in [-0.1, -0.05) is 13.8 Å². The van der Waals surface area contributed by atoms with Crippen molar-refractivity contribution in [3.05, 3.63) is 0 Å². The third-order valence-corrected chi connectivity index (χ3v) is 1.79. The molecule has 11 heavy (non-hydrogen) atoms. The van der Waals surface area contributed by atoms with Gasteiger partial charge in [-0.3, -0.25) is 0 Å². The molecule has 0 aromatic carbocycles. The molecule has 2 nitrogen and oxygen atoms in total. The third-order valence-electron chi connectivity index (χ3n) is 1.79. The number of hydrogen-bond donors (Lipinski definition) is 1. The Bertz CT molecular complexity index is 75.6. The molecule has 0 amide bonds. The van der Waals surface area contributed by atoms with Crippen molar-refractivity contribution in [2.45, 2.75) is 20.3 Å². The lowest BCUT2D eigenvalue weighted by molar-refractivity contribution is 0.339. The lowest BCUT2D eigenvalue weighted by Crippen LogP contribution is -2.23. The summed E-state index contributed by atoms with van der Waals surface area (Å²) < 4.78 is 0. The molecule has 0 aromatic rings. The summed E-state index contributed by atoms with van der Waals surface area (Å²) in [4.78, 5) is 2.26. The molecule has 1 aliphatic rings. The van der Waals surface area contributed by atoms with Gasteiger partial charge in [0.15, 0.2) is 0 Å². The van der Waals surface area contributed by atoms with E-state index in [0.717, 1.165) is 5.92 Å². The molecule has 1 heterocycles. The van der Waals surface area contributed by atoms with Gasteiger partial charge in [0.05, 0.1) is 0 Å². The van der Waals surface area contributed by atoms with E-state index in [1.54, 1.807) is 0 Å². The first-order valence-electron chi connectivity index (χ1n) is 4.64. The fraction of sp³-hybridized carbons (Fsp3) is 1.00. The maximum absolute atomic E-state index is 3.35. The monoisotopic (exact) mass is 158 g/mol. The number of nitrogens with zero attached hydrogens (tertiary/aromatic N) is 1. The van der Waals surface area contributed by atoms with E-state index in [2.05, 4.69) is 24.3 Å². The molecule has 0 spiro atoms. The van der Waals surface area contributed by atoms with Crippen LogP contribution in [0.3, 0.4) is 0 Å². The van der Waals surface area contributed by atoms with E-state index in [4.69, 9.17) is 0 Å². The minimum absolute atomic E-state index is 0.903. The second-order valence-electron chi connectivity index (χ2n) is 3.12. The molecule has 1 fully saturated rings. The van der Waals surface area contributed by atoms with Gasteiger partial charge in [0.2, 0.25) is 0 Å². The summed E-state index contributed by atoms with van der Waals surface area (Å²) in [6, 6.07) is 0. The molecular formula is C9H22N2. The lowest BCUT2D eigenvalue weighted by Gasteiger charge is -2.13. The standard InChI is InChI=1S/C7H16N2.C2H6/c1-9(2)6-7-3-4-8-5-7;1-2/h7-8H,3-6H2,1-2H3;1-2H3. The zero-order valence-electron chi connectivity index (χ0n) is 8.35. The largest absolute Gasteiger partial charge is 0.316 e. The van der Waals surface area contributed by atoms with Crippen LogP contribution >= 0.6 is 0 Å². The van der Waals surface area contributed by atoms with E-state index in [1.165, 1.54) is 26.1 Å². The average molecular weight is 158 g/mol. The Hall–Kier alpha value is -0.0800. The van der Waals surface area contributed by atoms with E-state index in [0.29, 0.717) is 0 Å². The average Bonchev–Trinajstić information content (AvgIpc) is 2.43. The lowest BCUT2D eigenvalue weighted by atomic mass is 10.1. The molecule has 0 bridgehead atoms. The van der Waals surface area contributed by atoms with Crippen LogP contribution in [0, 0.1) is 5.92 Å². The van der Waals surface area contributed by atoms with Crippen LogP contribution < -0.4 is 5.32 Å². The predicted molar refractivity (Wildman–Crippen MR) is 50.9 cm³/mol. The van der Waals surface area contributed by atoms with E-state index in [-0.39, 0.29) is 0 Å². The van der Waals surface area contributed by atoms with Gasteiger partial charge in [-0.2, -0.15) is 0 Å². The van der Waals surface area contributed by atoms with Crippen molar-refractivity contribution < 1.29 is 0 Å². The van der Waals surface area contributed by atoms with Gasteiger partial charge >= 0.3 is 0 Å². The zero-order valence-corrected chi connectivity index (χ0v) is 8.35. The van der Waals surface area contributed by atoms with Crippen LogP contribution in [-0.4, -0.2) is 38.6 Å². The second-order valence-corrected chi connectivity index (χ2v) is 3.12. The van der Waals surface area contributed by atoms with Gasteiger partial charge in [0, 0.05) is 6.54 Å². The van der Waals surface area contributed by atoms with E-state index < -0.39 is 0 Å². The van der Waals surface area contributed by atoms with E-state index in [1.807, 2.05) is 13.8 Å². The summed E-state index contributed by atoms with van der Waals surface area (Å²) in [5.41, 5.74) is 0. The first kappa shape index (κ1) is 10.9. The van der Waals surface area contributed by atoms with Crippen molar-refractivity contribution in [3.8, 4) is 0 Å². The minimum Gasteiger partial charge on any atom is -0.316 e. The highest BCUT2D eigenvalue weighted by Gasteiger charge is 2.13. The summed E-state index contributed by atoms with van der Waals surface area (Å²) in [5.74, 6) is 0.903. The molecule has 1 N–H and O–H groups in total. The molecule has 1 atom stereocenters. The predicted octanol–water partition coefficient (Wildman–Crippen LogP) is 1.18. The Morgan fingerprint density at radius 1 is 1.36 bits per heavy atom. The SMILES string of the molecule is CC.CN(C)CC1CCNC1. The molecule has 0 aromatic heterocycles. The van der Waals surface area contributed by atoms with Crippen LogP contribution in [0.25, 0.3) is 0 Å². The maximum Gasteiger partial charge on any atom is 0.00162 e. The Kier molecular flexibility index (Phi) is 6.57. The van der Waals surface area contributed by atoms with Crippen LogP contribution in [0.2, 0.25) is 0 Å². The van der Waals surface area contributed by atoms with Crippen LogP contribution in [0.1, 0.15) is 20.3 Å². The smallest absolute Gasteiger partial charge is 0.00162 e. The number of nitrogens with one attached hydrogen (secondary N) is 1. The molecule has 1 saturated heterocycles. The molecule has 1 rings (SSSR count). The molecule has 2 heteroatoms. The molecule has 68 valence electrons. The van der Waals surface area contributed by atoms with Crippen LogP contribution in [0.4, 0.5) is 0 Å². The number of rotatable bonds is 2. The van der Waals surface area contributed by atoms with Crippen LogP contribution in [-0.2, 0) is 0 Å². The maximum atomic E-state index is 3.35. The third kappa shape index (κ3) is 5.22. The van der Waals surface area contributed by atoms with Crippen molar-refractivity contribution in [2.24, 2.45) is 5.92 Å². The van der Waals surface area contributed by atoms with Crippen molar-refractivity contribution in [1.29, 1.82) is 0 Å². The summed E-state index contributed by atoms with van der Waals surface area (Å²) in [6.45, 7) is 7.68. The Labute approximate surface area is 71.0 Å². The second kappa shape index (κ2) is 6.62. The highest BCUT2D eigenvalue weighted by atomic mass is 15.1. The first-order chi connectivity index (χ1) is 5.29.